The molecular weight excluding hydrogens is 370 g/mol. The van der Waals surface area contributed by atoms with Gasteiger partial charge < -0.3 is 19.1 Å². The minimum Gasteiger partial charge on any atom is -0.493 e. The van der Waals surface area contributed by atoms with E-state index in [1.807, 2.05) is 44.2 Å². The van der Waals surface area contributed by atoms with Crippen LogP contribution in [0.2, 0.25) is 0 Å². The number of hydrogen-bond donors (Lipinski definition) is 0. The standard InChI is InChI=1S/C23H27NO5/c1-17(2)24(15-18-9-6-5-7-10-18)21(25)16-29-22(26)14-13-19-11-8-12-20(27-3)23(19)28-4/h5-14,17H,15-16H2,1-4H3/b14-13+. The van der Waals surface area contributed by atoms with Crippen LogP contribution in [0.1, 0.15) is 25.0 Å². The minimum absolute atomic E-state index is 0.0157. The van der Waals surface area contributed by atoms with E-state index in [4.69, 9.17) is 14.2 Å². The first kappa shape index (κ1) is 22.0. The predicted molar refractivity (Wildman–Crippen MR) is 112 cm³/mol. The Morgan fingerprint density at radius 2 is 1.72 bits per heavy atom. The molecule has 0 aliphatic carbocycles. The summed E-state index contributed by atoms with van der Waals surface area (Å²) in [6, 6.07) is 15.0. The van der Waals surface area contributed by atoms with Gasteiger partial charge in [-0.25, -0.2) is 4.79 Å². The van der Waals surface area contributed by atoms with Crippen molar-refractivity contribution in [3.05, 3.63) is 65.7 Å². The predicted octanol–water partition coefficient (Wildman–Crippen LogP) is 3.70. The zero-order chi connectivity index (χ0) is 21.2. The Bertz CT molecular complexity index is 846. The van der Waals surface area contributed by atoms with Gasteiger partial charge in [0.25, 0.3) is 5.91 Å². The molecule has 2 rings (SSSR count). The zero-order valence-corrected chi connectivity index (χ0v) is 17.3. The second-order valence-corrected chi connectivity index (χ2v) is 6.62. The third kappa shape index (κ3) is 6.38. The van der Waals surface area contributed by atoms with E-state index in [0.717, 1.165) is 5.56 Å². The molecule has 0 heterocycles. The lowest BCUT2D eigenvalue weighted by Gasteiger charge is -2.26. The lowest BCUT2D eigenvalue weighted by molar-refractivity contribution is -0.149. The van der Waals surface area contributed by atoms with Crippen molar-refractivity contribution in [2.75, 3.05) is 20.8 Å². The van der Waals surface area contributed by atoms with Crippen LogP contribution in [0.5, 0.6) is 11.5 Å². The summed E-state index contributed by atoms with van der Waals surface area (Å²) in [5.74, 6) is 0.229. The van der Waals surface area contributed by atoms with Crippen LogP contribution in [0.4, 0.5) is 0 Å². The summed E-state index contributed by atoms with van der Waals surface area (Å²) in [5.41, 5.74) is 1.69. The third-order valence-electron chi connectivity index (χ3n) is 4.31. The van der Waals surface area contributed by atoms with E-state index in [-0.39, 0.29) is 18.6 Å². The van der Waals surface area contributed by atoms with Crippen molar-refractivity contribution in [3.8, 4) is 11.5 Å². The summed E-state index contributed by atoms with van der Waals surface area (Å²) in [5, 5.41) is 0. The molecule has 0 saturated carbocycles. The molecule has 2 aromatic rings. The van der Waals surface area contributed by atoms with Crippen LogP contribution in [0.15, 0.2) is 54.6 Å². The van der Waals surface area contributed by atoms with Crippen LogP contribution < -0.4 is 9.47 Å². The molecule has 0 N–H and O–H groups in total. The first-order valence-electron chi connectivity index (χ1n) is 9.35. The maximum atomic E-state index is 12.5. The van der Waals surface area contributed by atoms with E-state index < -0.39 is 5.97 Å². The van der Waals surface area contributed by atoms with Crippen LogP contribution in [-0.2, 0) is 20.9 Å². The summed E-state index contributed by atoms with van der Waals surface area (Å²) >= 11 is 0. The number of ether oxygens (including phenoxy) is 3. The van der Waals surface area contributed by atoms with Gasteiger partial charge in [-0.15, -0.1) is 0 Å². The molecule has 0 unspecified atom stereocenters. The molecule has 0 bridgehead atoms. The molecule has 0 aromatic heterocycles. The van der Waals surface area contributed by atoms with Gasteiger partial charge in [0.15, 0.2) is 18.1 Å². The van der Waals surface area contributed by atoms with Crippen molar-refractivity contribution in [1.82, 2.24) is 4.90 Å². The van der Waals surface area contributed by atoms with Crippen LogP contribution >= 0.6 is 0 Å². The van der Waals surface area contributed by atoms with Crippen molar-refractivity contribution in [2.24, 2.45) is 0 Å². The molecule has 6 nitrogen and oxygen atoms in total. The highest BCUT2D eigenvalue weighted by Gasteiger charge is 2.18. The lowest BCUT2D eigenvalue weighted by atomic mass is 10.1. The molecule has 0 aliphatic heterocycles. The van der Waals surface area contributed by atoms with Crippen molar-refractivity contribution in [2.45, 2.75) is 26.4 Å². The number of benzene rings is 2. The maximum Gasteiger partial charge on any atom is 0.331 e. The number of hydrogen-bond acceptors (Lipinski definition) is 5. The van der Waals surface area contributed by atoms with E-state index in [1.54, 1.807) is 36.3 Å². The average Bonchev–Trinajstić information content (AvgIpc) is 2.74. The fourth-order valence-electron chi connectivity index (χ4n) is 2.80. The number of methoxy groups -OCH3 is 2. The summed E-state index contributed by atoms with van der Waals surface area (Å²) in [7, 11) is 3.07. The summed E-state index contributed by atoms with van der Waals surface area (Å²) in [6.45, 7) is 4.00. The Balaban J connectivity index is 1.97. The van der Waals surface area contributed by atoms with Crippen molar-refractivity contribution < 1.29 is 23.8 Å². The Hall–Kier alpha value is -3.28. The van der Waals surface area contributed by atoms with Crippen LogP contribution in [0.25, 0.3) is 6.08 Å². The molecule has 0 aliphatic rings. The number of carbonyl (C=O) groups is 2. The van der Waals surface area contributed by atoms with Gasteiger partial charge in [-0.1, -0.05) is 42.5 Å². The molecular formula is C23H27NO5. The number of esters is 1. The average molecular weight is 397 g/mol. The highest BCUT2D eigenvalue weighted by atomic mass is 16.5. The van der Waals surface area contributed by atoms with Gasteiger partial charge in [0.05, 0.1) is 14.2 Å². The monoisotopic (exact) mass is 397 g/mol. The highest BCUT2D eigenvalue weighted by Crippen LogP contribution is 2.31. The first-order valence-corrected chi connectivity index (χ1v) is 9.35. The number of rotatable bonds is 9. The second kappa shape index (κ2) is 10.9. The van der Waals surface area contributed by atoms with Crippen LogP contribution in [0.3, 0.4) is 0 Å². The fourth-order valence-corrected chi connectivity index (χ4v) is 2.80. The molecule has 0 saturated heterocycles. The van der Waals surface area contributed by atoms with Gasteiger partial charge in [0, 0.05) is 24.2 Å². The normalized spacial score (nSPS) is 10.8. The fraction of sp³-hybridized carbons (Fsp3) is 0.304. The molecule has 6 heteroatoms. The third-order valence-corrected chi connectivity index (χ3v) is 4.31. The Kier molecular flexibility index (Phi) is 8.27. The molecule has 0 spiro atoms. The number of carbonyl (C=O) groups excluding carboxylic acids is 2. The molecule has 2 aromatic carbocycles. The second-order valence-electron chi connectivity index (χ2n) is 6.62. The quantitative estimate of drug-likeness (QED) is 0.477. The van der Waals surface area contributed by atoms with Gasteiger partial charge in [-0.3, -0.25) is 4.79 Å². The van der Waals surface area contributed by atoms with Gasteiger partial charge in [0.1, 0.15) is 0 Å². The van der Waals surface area contributed by atoms with Gasteiger partial charge in [-0.05, 0) is 31.6 Å². The lowest BCUT2D eigenvalue weighted by Crippen LogP contribution is -2.39. The van der Waals surface area contributed by atoms with Gasteiger partial charge in [-0.2, -0.15) is 0 Å². The maximum absolute atomic E-state index is 12.5. The van der Waals surface area contributed by atoms with Crippen molar-refractivity contribution in [1.29, 1.82) is 0 Å². The first-order chi connectivity index (χ1) is 14.0. The topological polar surface area (TPSA) is 65.1 Å². The SMILES string of the molecule is COc1cccc(/C=C/C(=O)OCC(=O)N(Cc2ccccc2)C(C)C)c1OC. The van der Waals surface area contributed by atoms with Crippen LogP contribution in [-0.4, -0.2) is 43.6 Å². The molecule has 1 amide bonds. The number of amides is 1. The van der Waals surface area contributed by atoms with E-state index in [1.165, 1.54) is 13.2 Å². The van der Waals surface area contributed by atoms with Gasteiger partial charge >= 0.3 is 5.97 Å². The van der Waals surface area contributed by atoms with E-state index in [2.05, 4.69) is 0 Å². The van der Waals surface area contributed by atoms with Crippen molar-refractivity contribution in [3.63, 3.8) is 0 Å². The smallest absolute Gasteiger partial charge is 0.331 e. The number of para-hydroxylation sites is 1. The summed E-state index contributed by atoms with van der Waals surface area (Å²) in [6.07, 6.45) is 2.83. The molecule has 0 fully saturated rings. The Labute approximate surface area is 171 Å². The summed E-state index contributed by atoms with van der Waals surface area (Å²) < 4.78 is 15.7. The summed E-state index contributed by atoms with van der Waals surface area (Å²) in [4.78, 5) is 26.3. The largest absolute Gasteiger partial charge is 0.493 e. The molecule has 0 radical (unpaired) electrons. The number of nitrogens with zero attached hydrogens (tertiary/aromatic N) is 1. The molecule has 29 heavy (non-hydrogen) atoms. The van der Waals surface area contributed by atoms with E-state index in [9.17, 15) is 9.59 Å². The Morgan fingerprint density at radius 1 is 1.00 bits per heavy atom. The van der Waals surface area contributed by atoms with E-state index >= 15 is 0 Å². The highest BCUT2D eigenvalue weighted by molar-refractivity contribution is 5.90. The molecule has 0 atom stereocenters. The minimum atomic E-state index is -0.605. The molecule has 154 valence electrons. The Morgan fingerprint density at radius 3 is 2.34 bits per heavy atom. The van der Waals surface area contributed by atoms with Crippen LogP contribution in [0, 0.1) is 0 Å². The van der Waals surface area contributed by atoms with E-state index in [0.29, 0.717) is 23.6 Å². The zero-order valence-electron chi connectivity index (χ0n) is 17.3. The van der Waals surface area contributed by atoms with Crippen molar-refractivity contribution >= 4 is 18.0 Å². The van der Waals surface area contributed by atoms with Gasteiger partial charge in [0.2, 0.25) is 0 Å².